The molecule has 0 atom stereocenters. The van der Waals surface area contributed by atoms with Gasteiger partial charge in [-0.25, -0.2) is 9.97 Å². The molecular weight excluding hydrogens is 749 g/mol. The zero-order valence-corrected chi connectivity index (χ0v) is 33.2. The van der Waals surface area contributed by atoms with Crippen LogP contribution >= 0.6 is 11.3 Å². The van der Waals surface area contributed by atoms with Crippen molar-refractivity contribution in [2.45, 2.75) is 0 Å². The second kappa shape index (κ2) is 14.0. The molecule has 3 aromatic heterocycles. The Morgan fingerprint density at radius 1 is 0.350 bits per heavy atom. The Kier molecular flexibility index (Phi) is 8.03. The van der Waals surface area contributed by atoms with Gasteiger partial charge in [0.1, 0.15) is 11.2 Å². The Morgan fingerprint density at radius 2 is 0.950 bits per heavy atom. The lowest BCUT2D eigenvalue weighted by atomic mass is 9.92. The molecule has 280 valence electrons. The van der Waals surface area contributed by atoms with Crippen LogP contribution in [0.2, 0.25) is 0 Å². The highest BCUT2D eigenvalue weighted by Crippen LogP contribution is 2.46. The third-order valence-corrected chi connectivity index (χ3v) is 12.9. The number of nitrogens with zero attached hydrogens (tertiary/aromatic N) is 2. The molecule has 0 unspecified atom stereocenters. The van der Waals surface area contributed by atoms with Gasteiger partial charge in [-0.05, 0) is 63.5 Å². The lowest BCUT2D eigenvalue weighted by Crippen LogP contribution is -1.96. The molecule has 0 spiro atoms. The maximum Gasteiger partial charge on any atom is 0.160 e. The lowest BCUT2D eigenvalue weighted by Gasteiger charge is -2.12. The summed E-state index contributed by atoms with van der Waals surface area (Å²) >= 11 is 1.87. The Labute approximate surface area is 350 Å². The zero-order chi connectivity index (χ0) is 39.6. The fourth-order valence-corrected chi connectivity index (χ4v) is 10.1. The van der Waals surface area contributed by atoms with E-state index in [-0.39, 0.29) is 0 Å². The summed E-state index contributed by atoms with van der Waals surface area (Å²) < 4.78 is 9.39. The fraction of sp³-hybridized carbons (Fsp3) is 0. The molecule has 0 N–H and O–H groups in total. The van der Waals surface area contributed by atoms with Crippen LogP contribution in [-0.2, 0) is 0 Å². The molecule has 0 bridgehead atoms. The molecule has 4 heteroatoms. The van der Waals surface area contributed by atoms with Crippen LogP contribution < -0.4 is 0 Å². The molecule has 3 nitrogen and oxygen atoms in total. The molecule has 12 rings (SSSR count). The van der Waals surface area contributed by atoms with Gasteiger partial charge in [0.15, 0.2) is 5.82 Å². The van der Waals surface area contributed by atoms with Gasteiger partial charge in [-0.1, -0.05) is 176 Å². The smallest absolute Gasteiger partial charge is 0.160 e. The van der Waals surface area contributed by atoms with E-state index in [2.05, 4.69) is 182 Å². The van der Waals surface area contributed by atoms with Crippen molar-refractivity contribution in [3.8, 4) is 67.3 Å². The number of aromatic nitrogens is 2. The molecule has 0 saturated heterocycles. The van der Waals surface area contributed by atoms with E-state index in [1.807, 2.05) is 35.6 Å². The normalized spacial score (nSPS) is 11.7. The Hall–Kier alpha value is -7.66. The zero-order valence-electron chi connectivity index (χ0n) is 32.3. The molecule has 0 fully saturated rings. The lowest BCUT2D eigenvalue weighted by molar-refractivity contribution is 0.673. The highest BCUT2D eigenvalue weighted by Gasteiger charge is 2.20. The molecule has 3 heterocycles. The number of benzene rings is 9. The van der Waals surface area contributed by atoms with Crippen molar-refractivity contribution < 1.29 is 4.42 Å². The van der Waals surface area contributed by atoms with Gasteiger partial charge in [0.05, 0.1) is 11.4 Å². The average molecular weight is 783 g/mol. The molecule has 0 radical (unpaired) electrons. The van der Waals surface area contributed by atoms with E-state index in [9.17, 15) is 0 Å². The third kappa shape index (κ3) is 5.72. The van der Waals surface area contributed by atoms with E-state index in [0.29, 0.717) is 5.82 Å². The summed E-state index contributed by atoms with van der Waals surface area (Å²) in [5.74, 6) is 0.696. The van der Waals surface area contributed by atoms with Crippen LogP contribution in [0.4, 0.5) is 0 Å². The van der Waals surface area contributed by atoms with E-state index in [1.165, 1.54) is 42.2 Å². The first-order chi connectivity index (χ1) is 29.7. The average Bonchev–Trinajstić information content (AvgIpc) is 3.91. The number of fused-ring (bicyclic) bond motifs is 8. The Balaban J connectivity index is 0.997. The van der Waals surface area contributed by atoms with Crippen LogP contribution in [0.1, 0.15) is 0 Å². The minimum absolute atomic E-state index is 0.696. The minimum Gasteiger partial charge on any atom is -0.455 e. The second-order valence-electron chi connectivity index (χ2n) is 15.3. The van der Waals surface area contributed by atoms with Crippen molar-refractivity contribution in [3.05, 3.63) is 206 Å². The number of furan rings is 1. The van der Waals surface area contributed by atoms with Crippen LogP contribution in [0.3, 0.4) is 0 Å². The molecule has 0 amide bonds. The first kappa shape index (κ1) is 34.4. The van der Waals surface area contributed by atoms with E-state index in [1.54, 1.807) is 0 Å². The summed E-state index contributed by atoms with van der Waals surface area (Å²) in [4.78, 5) is 10.3. The van der Waals surface area contributed by atoms with Crippen LogP contribution in [0.5, 0.6) is 0 Å². The Morgan fingerprint density at radius 3 is 1.77 bits per heavy atom. The molecule has 0 aliphatic rings. The van der Waals surface area contributed by atoms with E-state index >= 15 is 0 Å². The van der Waals surface area contributed by atoms with Gasteiger partial charge >= 0.3 is 0 Å². The summed E-state index contributed by atoms with van der Waals surface area (Å²) in [5, 5.41) is 7.12. The second-order valence-corrected chi connectivity index (χ2v) is 16.3. The molecule has 9 aromatic carbocycles. The van der Waals surface area contributed by atoms with Gasteiger partial charge in [-0.2, -0.15) is 0 Å². The quantitative estimate of drug-likeness (QED) is 0.169. The summed E-state index contributed by atoms with van der Waals surface area (Å²) in [6.45, 7) is 0. The van der Waals surface area contributed by atoms with Crippen molar-refractivity contribution in [1.29, 1.82) is 0 Å². The van der Waals surface area contributed by atoms with Crippen molar-refractivity contribution in [1.82, 2.24) is 9.97 Å². The number of rotatable bonds is 6. The summed E-state index contributed by atoms with van der Waals surface area (Å²) in [7, 11) is 0. The van der Waals surface area contributed by atoms with Crippen molar-refractivity contribution in [2.75, 3.05) is 0 Å². The molecule has 0 saturated carbocycles. The van der Waals surface area contributed by atoms with Crippen molar-refractivity contribution in [3.63, 3.8) is 0 Å². The van der Waals surface area contributed by atoms with Crippen LogP contribution in [-0.4, -0.2) is 9.97 Å². The SMILES string of the molecule is c1ccc(-c2cccc(-c3cc(-c4ccc(-c5cccc6oc7c8ccccc8c(-c8cccc9c8sc8ccccc89)cc7c56)cc4)nc(-c4ccccc4)n3)c2)cc1. The Bertz CT molecular complexity index is 3590. The number of hydrogen-bond donors (Lipinski definition) is 0. The summed E-state index contributed by atoms with van der Waals surface area (Å²) in [6.07, 6.45) is 0. The summed E-state index contributed by atoms with van der Waals surface area (Å²) in [6, 6.07) is 73.1. The highest BCUT2D eigenvalue weighted by atomic mass is 32.1. The van der Waals surface area contributed by atoms with Gasteiger partial charge in [0.25, 0.3) is 0 Å². The van der Waals surface area contributed by atoms with E-state index < -0.39 is 0 Å². The van der Waals surface area contributed by atoms with Crippen LogP contribution in [0, 0.1) is 0 Å². The summed E-state index contributed by atoms with van der Waals surface area (Å²) in [5.41, 5.74) is 13.6. The molecule has 12 aromatic rings. The molecule has 0 aliphatic heterocycles. The predicted octanol–water partition coefficient (Wildman–Crippen LogP) is 15.9. The van der Waals surface area contributed by atoms with Crippen LogP contribution in [0.25, 0.3) is 120 Å². The number of hydrogen-bond acceptors (Lipinski definition) is 4. The van der Waals surface area contributed by atoms with Gasteiger partial charge < -0.3 is 4.42 Å². The van der Waals surface area contributed by atoms with Gasteiger partial charge in [0, 0.05) is 58.6 Å². The maximum atomic E-state index is 6.78. The van der Waals surface area contributed by atoms with Crippen LogP contribution in [0.15, 0.2) is 211 Å². The predicted molar refractivity (Wildman–Crippen MR) is 252 cm³/mol. The molecular formula is C56H34N2OS. The van der Waals surface area contributed by atoms with Gasteiger partial charge in [-0.3, -0.25) is 0 Å². The first-order valence-corrected chi connectivity index (χ1v) is 21.0. The highest BCUT2D eigenvalue weighted by molar-refractivity contribution is 7.26. The van der Waals surface area contributed by atoms with E-state index in [0.717, 1.165) is 72.1 Å². The van der Waals surface area contributed by atoms with Gasteiger partial charge in [0.2, 0.25) is 0 Å². The van der Waals surface area contributed by atoms with E-state index in [4.69, 9.17) is 14.4 Å². The topological polar surface area (TPSA) is 38.9 Å². The fourth-order valence-electron chi connectivity index (χ4n) is 8.84. The van der Waals surface area contributed by atoms with Crippen molar-refractivity contribution >= 4 is 64.2 Å². The largest absolute Gasteiger partial charge is 0.455 e. The number of thiophene rings is 1. The minimum atomic E-state index is 0.696. The molecule has 60 heavy (non-hydrogen) atoms. The van der Waals surface area contributed by atoms with Gasteiger partial charge in [-0.15, -0.1) is 11.3 Å². The third-order valence-electron chi connectivity index (χ3n) is 11.7. The standard InChI is InChI=1S/C56H34N2OS/c1-3-14-35(15-4-1)39-18-11-19-40(32-39)50-34-49(57-56(58-50)38-16-5-2-6-17-38)37-30-28-36(29-31-37)41-23-13-26-51-53(41)48-33-47(42-20-7-8-22-44(42)54(48)59-51)46-25-12-24-45-43-21-9-10-27-52(43)60-55(45)46/h1-34H. The monoisotopic (exact) mass is 782 g/mol. The first-order valence-electron chi connectivity index (χ1n) is 20.2. The maximum absolute atomic E-state index is 6.78. The van der Waals surface area contributed by atoms with Crippen molar-refractivity contribution in [2.24, 2.45) is 0 Å². The molecule has 0 aliphatic carbocycles.